The molecule has 0 atom stereocenters. The Kier molecular flexibility index (Phi) is 23.9. The standard InChI is InChI=1S/C40H72F3O3P/c1-5-9-13-17-18-19-20-21-22-23-24-28-36-47(33-25-14-10-6-2,34-26-15-11-7-3,35-27-16-12-8-4)46-39(44)37-29-31-38(32-30-37)45-40(41,42)43/h29-32H,5-28,33-36H2,1-4H3. The van der Waals surface area contributed by atoms with E-state index in [0.717, 1.165) is 88.9 Å². The molecule has 47 heavy (non-hydrogen) atoms. The fraction of sp³-hybridized carbons (Fsp3) is 0.825. The van der Waals surface area contributed by atoms with Crippen LogP contribution in [0.5, 0.6) is 5.75 Å². The summed E-state index contributed by atoms with van der Waals surface area (Å²) in [6.45, 7) is 5.99. The van der Waals surface area contributed by atoms with Gasteiger partial charge >= 0.3 is 275 Å². The van der Waals surface area contributed by atoms with Gasteiger partial charge in [0.25, 0.3) is 0 Å². The van der Waals surface area contributed by atoms with Crippen LogP contribution >= 0.6 is 6.83 Å². The molecule has 1 aromatic carbocycles. The van der Waals surface area contributed by atoms with E-state index in [0.29, 0.717) is 5.56 Å². The summed E-state index contributed by atoms with van der Waals surface area (Å²) in [6, 6.07) is 5.33. The molecule has 0 saturated carbocycles. The van der Waals surface area contributed by atoms with Crippen molar-refractivity contribution in [3.8, 4) is 5.75 Å². The summed E-state index contributed by atoms with van der Waals surface area (Å²) in [4.78, 5) is 14.0. The summed E-state index contributed by atoms with van der Waals surface area (Å²) in [5.41, 5.74) is 0.318. The summed E-state index contributed by atoms with van der Waals surface area (Å²) >= 11 is 0. The molecule has 0 saturated heterocycles. The zero-order valence-electron chi connectivity index (χ0n) is 30.9. The van der Waals surface area contributed by atoms with Crippen molar-refractivity contribution in [2.45, 2.75) is 188 Å². The van der Waals surface area contributed by atoms with Crippen LogP contribution in [-0.2, 0) is 4.52 Å². The van der Waals surface area contributed by atoms with E-state index >= 15 is 0 Å². The van der Waals surface area contributed by atoms with Crippen LogP contribution in [0.3, 0.4) is 0 Å². The van der Waals surface area contributed by atoms with Gasteiger partial charge in [0.2, 0.25) is 0 Å². The molecule has 0 heterocycles. The van der Waals surface area contributed by atoms with Crippen LogP contribution in [0.4, 0.5) is 13.2 Å². The fourth-order valence-corrected chi connectivity index (χ4v) is 13.5. The predicted octanol–water partition coefficient (Wildman–Crippen LogP) is 14.7. The monoisotopic (exact) mass is 689 g/mol. The first kappa shape index (κ1) is 43.7. The number of rotatable bonds is 31. The normalized spacial score (nSPS) is 13.0. The van der Waals surface area contributed by atoms with E-state index in [1.54, 1.807) is 0 Å². The second-order valence-electron chi connectivity index (χ2n) is 14.3. The first-order valence-corrected chi connectivity index (χ1v) is 22.6. The number of halogens is 3. The number of benzene rings is 1. The van der Waals surface area contributed by atoms with Gasteiger partial charge in [-0.05, 0) is 0 Å². The molecule has 0 spiro atoms. The van der Waals surface area contributed by atoms with Crippen molar-refractivity contribution >= 4 is 12.8 Å². The van der Waals surface area contributed by atoms with E-state index in [4.69, 9.17) is 4.52 Å². The summed E-state index contributed by atoms with van der Waals surface area (Å²) in [7, 11) is 0. The van der Waals surface area contributed by atoms with Gasteiger partial charge in [-0.25, -0.2) is 0 Å². The van der Waals surface area contributed by atoms with Crippen LogP contribution in [0, 0.1) is 0 Å². The molecule has 0 fully saturated rings. The van der Waals surface area contributed by atoms with E-state index in [1.807, 2.05) is 0 Å². The molecule has 7 heteroatoms. The average molecular weight is 689 g/mol. The molecule has 276 valence electrons. The summed E-state index contributed by atoms with van der Waals surface area (Å²) in [5.74, 6) is -0.677. The van der Waals surface area contributed by atoms with Crippen LogP contribution < -0.4 is 4.74 Å². The van der Waals surface area contributed by atoms with Crippen molar-refractivity contribution in [2.75, 3.05) is 24.6 Å². The van der Waals surface area contributed by atoms with Crippen molar-refractivity contribution in [3.05, 3.63) is 29.8 Å². The van der Waals surface area contributed by atoms with E-state index in [-0.39, 0.29) is 11.7 Å². The third-order valence-corrected chi connectivity index (χ3v) is 16.4. The summed E-state index contributed by atoms with van der Waals surface area (Å²) in [6.07, 6.45) is 28.5. The zero-order valence-corrected chi connectivity index (χ0v) is 31.8. The Morgan fingerprint density at radius 3 is 1.13 bits per heavy atom. The number of alkyl halides is 3. The minimum atomic E-state index is -4.77. The van der Waals surface area contributed by atoms with E-state index in [2.05, 4.69) is 32.4 Å². The Labute approximate surface area is 287 Å². The predicted molar refractivity (Wildman–Crippen MR) is 198 cm³/mol. The molecule has 0 amide bonds. The minimum absolute atomic E-state index is 0.318. The summed E-state index contributed by atoms with van der Waals surface area (Å²) in [5, 5.41) is 0. The second kappa shape index (κ2) is 25.6. The van der Waals surface area contributed by atoms with Gasteiger partial charge in [-0.15, -0.1) is 0 Å². The molecule has 0 N–H and O–H groups in total. The zero-order chi connectivity index (χ0) is 34.7. The Morgan fingerprint density at radius 1 is 0.511 bits per heavy atom. The SMILES string of the molecule is CCCCCCCCCCCCCCP(CCCCCC)(CCCCCC)(CCCCCC)OC(=O)c1ccc(OC(F)(F)F)cc1. The molecule has 0 aromatic heterocycles. The Bertz CT molecular complexity index is 869. The maximum absolute atomic E-state index is 14.0. The van der Waals surface area contributed by atoms with Gasteiger partial charge in [0.15, 0.2) is 0 Å². The Balaban J connectivity index is 3.16. The van der Waals surface area contributed by atoms with Gasteiger partial charge < -0.3 is 0 Å². The van der Waals surface area contributed by atoms with Crippen LogP contribution in [0.2, 0.25) is 0 Å². The first-order valence-electron chi connectivity index (χ1n) is 19.7. The molecule has 0 aliphatic rings. The fourth-order valence-electron chi connectivity index (χ4n) is 7.10. The number of carbonyl (C=O) groups is 1. The van der Waals surface area contributed by atoms with Crippen LogP contribution in [-0.4, -0.2) is 37.0 Å². The molecule has 0 aliphatic carbocycles. The topological polar surface area (TPSA) is 35.5 Å². The van der Waals surface area contributed by atoms with Gasteiger partial charge in [0.1, 0.15) is 0 Å². The molecule has 0 bridgehead atoms. The molecule has 1 rings (SSSR count). The van der Waals surface area contributed by atoms with Gasteiger partial charge in [0, 0.05) is 0 Å². The Morgan fingerprint density at radius 2 is 0.809 bits per heavy atom. The van der Waals surface area contributed by atoms with Crippen molar-refractivity contribution in [2.24, 2.45) is 0 Å². The number of hydrogen-bond acceptors (Lipinski definition) is 3. The number of ether oxygens (including phenoxy) is 1. The van der Waals surface area contributed by atoms with Crippen molar-refractivity contribution in [1.29, 1.82) is 0 Å². The number of hydrogen-bond donors (Lipinski definition) is 0. The van der Waals surface area contributed by atoms with Crippen molar-refractivity contribution in [1.82, 2.24) is 0 Å². The van der Waals surface area contributed by atoms with Crippen LogP contribution in [0.1, 0.15) is 192 Å². The molecular weight excluding hydrogens is 616 g/mol. The average Bonchev–Trinajstić information content (AvgIpc) is 3.04. The van der Waals surface area contributed by atoms with E-state index in [1.165, 1.54) is 114 Å². The van der Waals surface area contributed by atoms with Gasteiger partial charge in [-0.1, -0.05) is 13.3 Å². The second-order valence-corrected chi connectivity index (χ2v) is 20.0. The number of carbonyl (C=O) groups excluding carboxylic acids is 1. The third-order valence-electron chi connectivity index (χ3n) is 9.97. The van der Waals surface area contributed by atoms with Gasteiger partial charge in [0.05, 0.1) is 0 Å². The van der Waals surface area contributed by atoms with Gasteiger partial charge in [-0.2, -0.15) is 0 Å². The summed E-state index contributed by atoms with van der Waals surface area (Å²) < 4.78 is 49.5. The van der Waals surface area contributed by atoms with Crippen molar-refractivity contribution < 1.29 is 27.2 Å². The Hall–Kier alpha value is -1.29. The van der Waals surface area contributed by atoms with E-state index < -0.39 is 13.2 Å². The maximum atomic E-state index is 14.0. The molecule has 0 radical (unpaired) electrons. The molecular formula is C40H72F3O3P. The van der Waals surface area contributed by atoms with Gasteiger partial charge in [-0.3, -0.25) is 0 Å². The van der Waals surface area contributed by atoms with Crippen LogP contribution in [0.25, 0.3) is 0 Å². The quantitative estimate of drug-likeness (QED) is 0.0575. The van der Waals surface area contributed by atoms with E-state index in [9.17, 15) is 18.0 Å². The first-order chi connectivity index (χ1) is 22.6. The van der Waals surface area contributed by atoms with Crippen molar-refractivity contribution in [3.63, 3.8) is 0 Å². The molecule has 3 nitrogen and oxygen atoms in total. The molecule has 0 aliphatic heterocycles. The number of unbranched alkanes of at least 4 members (excludes halogenated alkanes) is 20. The molecule has 1 aromatic rings. The van der Waals surface area contributed by atoms with Crippen LogP contribution in [0.15, 0.2) is 24.3 Å². The third kappa shape index (κ3) is 20.1. The molecule has 0 unspecified atom stereocenters.